The largest absolute Gasteiger partial charge is 0.507 e. The summed E-state index contributed by atoms with van der Waals surface area (Å²) in [6.45, 7) is 0.523. The molecule has 0 saturated heterocycles. The van der Waals surface area contributed by atoms with E-state index in [1.54, 1.807) is 18.2 Å². The first kappa shape index (κ1) is 16.0. The molecule has 2 rings (SSSR count). The molecule has 1 amide bonds. The molecule has 0 fully saturated rings. The molecule has 2 N–H and O–H groups in total. The van der Waals surface area contributed by atoms with Crippen molar-refractivity contribution in [3.8, 4) is 5.75 Å². The molecule has 0 saturated carbocycles. The van der Waals surface area contributed by atoms with Crippen molar-refractivity contribution < 1.29 is 9.90 Å². The summed E-state index contributed by atoms with van der Waals surface area (Å²) in [6.07, 6.45) is 0.856. The lowest BCUT2D eigenvalue weighted by Crippen LogP contribution is -2.41. The number of benzene rings is 2. The van der Waals surface area contributed by atoms with Gasteiger partial charge in [-0.25, -0.2) is 0 Å². The Hall–Kier alpha value is -2.33. The first-order valence-corrected chi connectivity index (χ1v) is 7.34. The summed E-state index contributed by atoms with van der Waals surface area (Å²) in [5.41, 5.74) is 1.54. The van der Waals surface area contributed by atoms with Crippen molar-refractivity contribution >= 4 is 5.91 Å². The van der Waals surface area contributed by atoms with Gasteiger partial charge in [0, 0.05) is 12.6 Å². The van der Waals surface area contributed by atoms with E-state index >= 15 is 0 Å². The van der Waals surface area contributed by atoms with Crippen molar-refractivity contribution in [3.05, 3.63) is 65.7 Å². The predicted molar refractivity (Wildman–Crippen MR) is 88.1 cm³/mol. The Bertz CT molecular complexity index is 611. The monoisotopic (exact) mass is 298 g/mol. The molecular weight excluding hydrogens is 276 g/mol. The lowest BCUT2D eigenvalue weighted by atomic mass is 10.0. The normalized spacial score (nSPS) is 12.1. The summed E-state index contributed by atoms with van der Waals surface area (Å²) in [4.78, 5) is 14.3. The number of aromatic hydroxyl groups is 1. The van der Waals surface area contributed by atoms with Gasteiger partial charge in [0.1, 0.15) is 5.75 Å². The third-order valence-corrected chi connectivity index (χ3v) is 3.69. The number of carbonyl (C=O) groups is 1. The van der Waals surface area contributed by atoms with Crippen molar-refractivity contribution in [2.75, 3.05) is 20.6 Å². The maximum absolute atomic E-state index is 12.2. The van der Waals surface area contributed by atoms with E-state index in [2.05, 4.69) is 22.3 Å². The van der Waals surface area contributed by atoms with Gasteiger partial charge in [-0.15, -0.1) is 0 Å². The van der Waals surface area contributed by atoms with E-state index in [4.69, 9.17) is 0 Å². The van der Waals surface area contributed by atoms with Crippen molar-refractivity contribution in [2.45, 2.75) is 12.5 Å². The number of nitrogens with one attached hydrogen (secondary N) is 1. The molecule has 0 bridgehead atoms. The number of hydrogen-bond donors (Lipinski definition) is 2. The number of hydrogen-bond acceptors (Lipinski definition) is 3. The molecule has 2 aromatic carbocycles. The smallest absolute Gasteiger partial charge is 0.255 e. The van der Waals surface area contributed by atoms with Gasteiger partial charge in [-0.2, -0.15) is 0 Å². The van der Waals surface area contributed by atoms with Crippen LogP contribution in [0.5, 0.6) is 5.75 Å². The van der Waals surface area contributed by atoms with Crippen LogP contribution in [-0.2, 0) is 6.42 Å². The Morgan fingerprint density at radius 1 is 1.09 bits per heavy atom. The molecule has 0 spiro atoms. The topological polar surface area (TPSA) is 52.6 Å². The minimum absolute atomic E-state index is 0.00413. The van der Waals surface area contributed by atoms with Gasteiger partial charge in [0.2, 0.25) is 0 Å². The molecule has 0 aliphatic carbocycles. The number of carbonyl (C=O) groups excluding carboxylic acids is 1. The van der Waals surface area contributed by atoms with Gasteiger partial charge in [-0.1, -0.05) is 42.5 Å². The Morgan fingerprint density at radius 2 is 1.73 bits per heavy atom. The number of phenols is 1. The highest BCUT2D eigenvalue weighted by Crippen LogP contribution is 2.15. The Morgan fingerprint density at radius 3 is 2.36 bits per heavy atom. The summed E-state index contributed by atoms with van der Waals surface area (Å²) in [5.74, 6) is -0.248. The van der Waals surface area contributed by atoms with Gasteiger partial charge in [0.05, 0.1) is 5.56 Å². The minimum atomic E-state index is -0.252. The number of para-hydroxylation sites is 1. The molecular formula is C18H22N2O2. The van der Waals surface area contributed by atoms with Crippen molar-refractivity contribution in [2.24, 2.45) is 0 Å². The van der Waals surface area contributed by atoms with Crippen LogP contribution in [0.15, 0.2) is 54.6 Å². The van der Waals surface area contributed by atoms with E-state index in [-0.39, 0.29) is 17.7 Å². The zero-order valence-corrected chi connectivity index (χ0v) is 13.0. The second kappa shape index (κ2) is 7.61. The van der Waals surface area contributed by atoms with Gasteiger partial charge in [0.15, 0.2) is 0 Å². The van der Waals surface area contributed by atoms with Gasteiger partial charge >= 0.3 is 0 Å². The quantitative estimate of drug-likeness (QED) is 0.860. The van der Waals surface area contributed by atoms with Crippen LogP contribution in [-0.4, -0.2) is 42.6 Å². The van der Waals surface area contributed by atoms with Crippen LogP contribution < -0.4 is 5.32 Å². The maximum Gasteiger partial charge on any atom is 0.255 e. The summed E-state index contributed by atoms with van der Waals surface area (Å²) in [5, 5.41) is 12.6. The first-order valence-electron chi connectivity index (χ1n) is 7.34. The third-order valence-electron chi connectivity index (χ3n) is 3.69. The molecule has 1 atom stereocenters. The van der Waals surface area contributed by atoms with Crippen molar-refractivity contribution in [1.82, 2.24) is 10.2 Å². The van der Waals surface area contributed by atoms with Crippen LogP contribution in [0.2, 0.25) is 0 Å². The van der Waals surface area contributed by atoms with Crippen LogP contribution in [0.1, 0.15) is 15.9 Å². The summed E-state index contributed by atoms with van der Waals surface area (Å²) < 4.78 is 0. The highest BCUT2D eigenvalue weighted by molar-refractivity contribution is 5.96. The molecule has 1 unspecified atom stereocenters. The zero-order valence-electron chi connectivity index (χ0n) is 13.0. The second-order valence-electron chi connectivity index (χ2n) is 5.53. The Kier molecular flexibility index (Phi) is 5.55. The number of nitrogens with zero attached hydrogens (tertiary/aromatic N) is 1. The molecule has 0 aromatic heterocycles. The molecule has 0 aliphatic heterocycles. The van der Waals surface area contributed by atoms with Crippen LogP contribution in [0.25, 0.3) is 0 Å². The van der Waals surface area contributed by atoms with Gasteiger partial charge in [0.25, 0.3) is 5.91 Å². The van der Waals surface area contributed by atoms with E-state index in [0.717, 1.165) is 6.42 Å². The fraction of sp³-hybridized carbons (Fsp3) is 0.278. The van der Waals surface area contributed by atoms with E-state index in [1.165, 1.54) is 11.6 Å². The van der Waals surface area contributed by atoms with E-state index in [9.17, 15) is 9.90 Å². The van der Waals surface area contributed by atoms with E-state index in [1.807, 2.05) is 32.3 Å². The second-order valence-corrected chi connectivity index (χ2v) is 5.53. The maximum atomic E-state index is 12.2. The highest BCUT2D eigenvalue weighted by atomic mass is 16.3. The van der Waals surface area contributed by atoms with Gasteiger partial charge in [-0.05, 0) is 38.2 Å². The van der Waals surface area contributed by atoms with Crippen LogP contribution in [0.4, 0.5) is 0 Å². The number of likely N-dealkylation sites (N-methyl/N-ethyl adjacent to an activating group) is 1. The highest BCUT2D eigenvalue weighted by Gasteiger charge is 2.15. The van der Waals surface area contributed by atoms with Crippen molar-refractivity contribution in [1.29, 1.82) is 0 Å². The van der Waals surface area contributed by atoms with E-state index < -0.39 is 0 Å². The minimum Gasteiger partial charge on any atom is -0.507 e. The molecule has 0 radical (unpaired) electrons. The lowest BCUT2D eigenvalue weighted by molar-refractivity contribution is 0.0939. The molecule has 0 heterocycles. The standard InChI is InChI=1S/C18H22N2O2/c1-20(2)15(12-14-8-4-3-5-9-14)13-19-18(22)16-10-6-7-11-17(16)21/h3-11,15,21H,12-13H2,1-2H3,(H,19,22). The van der Waals surface area contributed by atoms with E-state index in [0.29, 0.717) is 12.1 Å². The molecule has 116 valence electrons. The molecule has 4 nitrogen and oxygen atoms in total. The SMILES string of the molecule is CN(C)C(CNC(=O)c1ccccc1O)Cc1ccccc1. The summed E-state index contributed by atoms with van der Waals surface area (Å²) in [7, 11) is 4.00. The molecule has 2 aromatic rings. The fourth-order valence-electron chi connectivity index (χ4n) is 2.29. The van der Waals surface area contributed by atoms with Crippen molar-refractivity contribution in [3.63, 3.8) is 0 Å². The molecule has 22 heavy (non-hydrogen) atoms. The van der Waals surface area contributed by atoms with Gasteiger partial charge < -0.3 is 15.3 Å². The average Bonchev–Trinajstić information content (AvgIpc) is 2.52. The number of rotatable bonds is 6. The number of phenolic OH excluding ortho intramolecular Hbond substituents is 1. The fourth-order valence-corrected chi connectivity index (χ4v) is 2.29. The van der Waals surface area contributed by atoms with Crippen LogP contribution in [0.3, 0.4) is 0 Å². The molecule has 0 aliphatic rings. The summed E-state index contributed by atoms with van der Waals surface area (Å²) >= 11 is 0. The van der Waals surface area contributed by atoms with Crippen LogP contribution >= 0.6 is 0 Å². The zero-order chi connectivity index (χ0) is 15.9. The third kappa shape index (κ3) is 4.33. The first-order chi connectivity index (χ1) is 10.6. The Balaban J connectivity index is 1.97. The molecule has 4 heteroatoms. The average molecular weight is 298 g/mol. The predicted octanol–water partition coefficient (Wildman–Crippen LogP) is 2.29. The Labute approximate surface area is 131 Å². The van der Waals surface area contributed by atoms with Gasteiger partial charge in [-0.3, -0.25) is 4.79 Å². The van der Waals surface area contributed by atoms with Crippen LogP contribution in [0, 0.1) is 0 Å². The lowest BCUT2D eigenvalue weighted by Gasteiger charge is -2.25. The number of amides is 1. The summed E-state index contributed by atoms with van der Waals surface area (Å²) in [6, 6.07) is 17.0.